The number of aromatic nitrogens is 2. The molecule has 0 radical (unpaired) electrons. The third-order valence-corrected chi connectivity index (χ3v) is 4.67. The van der Waals surface area contributed by atoms with E-state index in [1.807, 2.05) is 24.3 Å². The van der Waals surface area contributed by atoms with Crippen molar-refractivity contribution in [3.8, 4) is 11.3 Å². The zero-order valence-corrected chi connectivity index (χ0v) is 15.0. The summed E-state index contributed by atoms with van der Waals surface area (Å²) in [4.78, 5) is 5.97. The van der Waals surface area contributed by atoms with Crippen LogP contribution in [-0.2, 0) is 11.3 Å². The monoisotopic (exact) mass is 389 g/mol. The highest BCUT2D eigenvalue weighted by Gasteiger charge is 2.17. The van der Waals surface area contributed by atoms with Crippen LogP contribution in [0.25, 0.3) is 16.1 Å². The van der Waals surface area contributed by atoms with E-state index in [4.69, 9.17) is 17.0 Å². The number of ether oxygens (including phenoxy) is 1. The number of nitrogen functional groups attached to an aromatic ring is 1. The molecule has 1 aliphatic heterocycles. The van der Waals surface area contributed by atoms with E-state index in [0.717, 1.165) is 49.3 Å². The molecular weight excluding hydrogens is 370 g/mol. The topological polar surface area (TPSA) is 60.7 Å². The Bertz CT molecular complexity index is 729. The van der Waals surface area contributed by atoms with Gasteiger partial charge in [-0.15, -0.1) is 0 Å². The molecule has 1 fully saturated rings. The summed E-state index contributed by atoms with van der Waals surface area (Å²) in [7, 11) is 0. The summed E-state index contributed by atoms with van der Waals surface area (Å²) < 4.78 is 8.11. The predicted molar refractivity (Wildman–Crippen MR) is 97.9 cm³/mol. The number of nitrogens with two attached hydrogens (primary N) is 1. The highest BCUT2D eigenvalue weighted by Crippen LogP contribution is 2.35. The van der Waals surface area contributed by atoms with Crippen molar-refractivity contribution in [2.45, 2.75) is 13.0 Å². The molecule has 24 heavy (non-hydrogen) atoms. The van der Waals surface area contributed by atoms with Crippen LogP contribution in [0.5, 0.6) is 0 Å². The third-order valence-electron chi connectivity index (χ3n) is 4.14. The molecule has 3 rings (SSSR count). The molecule has 1 saturated heterocycles. The lowest BCUT2D eigenvalue weighted by Crippen LogP contribution is -2.37. The van der Waals surface area contributed by atoms with Gasteiger partial charge in [-0.25, -0.2) is 4.85 Å². The van der Waals surface area contributed by atoms with Gasteiger partial charge in [0.1, 0.15) is 11.5 Å². The fourth-order valence-corrected chi connectivity index (χ4v) is 3.08. The van der Waals surface area contributed by atoms with Gasteiger partial charge in [0.05, 0.1) is 19.8 Å². The normalized spacial score (nSPS) is 15.3. The Morgan fingerprint density at radius 3 is 2.58 bits per heavy atom. The van der Waals surface area contributed by atoms with Gasteiger partial charge in [-0.2, -0.15) is 5.10 Å². The molecule has 6 nitrogen and oxygen atoms in total. The molecule has 0 atom stereocenters. The summed E-state index contributed by atoms with van der Waals surface area (Å²) >= 11 is 3.42. The lowest BCUT2D eigenvalue weighted by Gasteiger charge is -2.26. The molecule has 2 N–H and O–H groups in total. The van der Waals surface area contributed by atoms with Crippen LogP contribution >= 0.6 is 15.9 Å². The summed E-state index contributed by atoms with van der Waals surface area (Å²) in [6, 6.07) is 7.77. The van der Waals surface area contributed by atoms with Crippen molar-refractivity contribution in [3.63, 3.8) is 0 Å². The number of hydrogen-bond acceptors (Lipinski definition) is 4. The molecule has 0 unspecified atom stereocenters. The Labute approximate surface area is 150 Å². The van der Waals surface area contributed by atoms with E-state index in [1.165, 1.54) is 0 Å². The van der Waals surface area contributed by atoms with Gasteiger partial charge in [0.15, 0.2) is 0 Å². The van der Waals surface area contributed by atoms with Gasteiger partial charge in [-0.1, -0.05) is 28.1 Å². The second-order valence-electron chi connectivity index (χ2n) is 5.73. The molecule has 0 saturated carbocycles. The van der Waals surface area contributed by atoms with Crippen molar-refractivity contribution in [2.24, 2.45) is 0 Å². The van der Waals surface area contributed by atoms with E-state index in [-0.39, 0.29) is 0 Å². The number of morpholine rings is 1. The Hall–Kier alpha value is -1.88. The average molecular weight is 390 g/mol. The number of rotatable bonds is 5. The second-order valence-corrected chi connectivity index (χ2v) is 6.65. The Balaban J connectivity index is 1.72. The number of hydrogen-bond donors (Lipinski definition) is 1. The maximum atomic E-state index is 7.43. The molecule has 1 aliphatic rings. The van der Waals surface area contributed by atoms with Crippen LogP contribution in [0.2, 0.25) is 0 Å². The van der Waals surface area contributed by atoms with Crippen LogP contribution in [0.4, 0.5) is 11.5 Å². The molecule has 0 aliphatic carbocycles. The fourth-order valence-electron chi connectivity index (χ4n) is 2.82. The third kappa shape index (κ3) is 3.78. The van der Waals surface area contributed by atoms with Crippen molar-refractivity contribution in [1.29, 1.82) is 0 Å². The Morgan fingerprint density at radius 1 is 1.21 bits per heavy atom. The summed E-state index contributed by atoms with van der Waals surface area (Å²) in [6.45, 7) is 12.7. The largest absolute Gasteiger partial charge is 0.393 e. The zero-order valence-electron chi connectivity index (χ0n) is 13.4. The van der Waals surface area contributed by atoms with E-state index in [9.17, 15) is 0 Å². The minimum atomic E-state index is 0.434. The number of nitrogens with zero attached hydrogens (tertiary/aromatic N) is 4. The second kappa shape index (κ2) is 7.79. The Morgan fingerprint density at radius 2 is 1.92 bits per heavy atom. The molecule has 0 amide bonds. The lowest BCUT2D eigenvalue weighted by molar-refractivity contribution is 0.0368. The zero-order chi connectivity index (χ0) is 16.9. The molecule has 1 aromatic carbocycles. The van der Waals surface area contributed by atoms with E-state index in [1.54, 1.807) is 4.68 Å². The van der Waals surface area contributed by atoms with Crippen LogP contribution in [0.15, 0.2) is 28.7 Å². The molecule has 2 heterocycles. The lowest BCUT2D eigenvalue weighted by atomic mass is 10.1. The maximum absolute atomic E-state index is 7.43. The highest BCUT2D eigenvalue weighted by atomic mass is 79.9. The van der Waals surface area contributed by atoms with Crippen LogP contribution in [0, 0.1) is 6.57 Å². The molecule has 7 heteroatoms. The first-order valence-corrected chi connectivity index (χ1v) is 8.78. The van der Waals surface area contributed by atoms with Crippen molar-refractivity contribution >= 4 is 27.4 Å². The molecule has 126 valence electrons. The maximum Gasteiger partial charge on any atom is 0.254 e. The van der Waals surface area contributed by atoms with Crippen molar-refractivity contribution in [1.82, 2.24) is 14.7 Å². The SMILES string of the molecule is [C-]#[N+]c1c(-c2ccc(Br)cc2)nn(CCCN2CCOCC2)c1N. The van der Waals surface area contributed by atoms with Gasteiger partial charge in [-0.05, 0) is 24.1 Å². The quantitative estimate of drug-likeness (QED) is 0.797. The smallest absolute Gasteiger partial charge is 0.254 e. The molecule has 0 spiro atoms. The van der Waals surface area contributed by atoms with Gasteiger partial charge in [0.2, 0.25) is 0 Å². The minimum absolute atomic E-state index is 0.434. The number of benzene rings is 1. The first kappa shape index (κ1) is 17.0. The van der Waals surface area contributed by atoms with Gasteiger partial charge in [-0.3, -0.25) is 9.58 Å². The van der Waals surface area contributed by atoms with Crippen LogP contribution < -0.4 is 5.73 Å². The van der Waals surface area contributed by atoms with E-state index in [0.29, 0.717) is 23.7 Å². The Kier molecular flexibility index (Phi) is 5.51. The van der Waals surface area contributed by atoms with Crippen molar-refractivity contribution in [2.75, 3.05) is 38.6 Å². The van der Waals surface area contributed by atoms with Gasteiger partial charge >= 0.3 is 0 Å². The summed E-state index contributed by atoms with van der Waals surface area (Å²) in [5, 5.41) is 4.58. The average Bonchev–Trinajstić information content (AvgIpc) is 2.92. The van der Waals surface area contributed by atoms with Gasteiger partial charge in [0, 0.05) is 30.7 Å². The van der Waals surface area contributed by atoms with E-state index in [2.05, 4.69) is 30.8 Å². The molecule has 2 aromatic rings. The number of anilines is 1. The van der Waals surface area contributed by atoms with Crippen LogP contribution in [0.1, 0.15) is 6.42 Å². The number of aryl methyl sites for hydroxylation is 1. The van der Waals surface area contributed by atoms with Crippen molar-refractivity contribution < 1.29 is 4.74 Å². The summed E-state index contributed by atoms with van der Waals surface area (Å²) in [6.07, 6.45) is 0.948. The van der Waals surface area contributed by atoms with Crippen LogP contribution in [0.3, 0.4) is 0 Å². The first-order chi connectivity index (χ1) is 11.7. The van der Waals surface area contributed by atoms with Gasteiger partial charge < -0.3 is 10.5 Å². The first-order valence-electron chi connectivity index (χ1n) is 7.99. The summed E-state index contributed by atoms with van der Waals surface area (Å²) in [5.74, 6) is 0.449. The predicted octanol–water partition coefficient (Wildman–Crippen LogP) is 3.17. The molecular formula is C17H20BrN5O. The van der Waals surface area contributed by atoms with E-state index < -0.39 is 0 Å². The highest BCUT2D eigenvalue weighted by molar-refractivity contribution is 9.10. The van der Waals surface area contributed by atoms with Crippen molar-refractivity contribution in [3.05, 3.63) is 40.2 Å². The van der Waals surface area contributed by atoms with Gasteiger partial charge in [0.25, 0.3) is 5.69 Å². The fraction of sp³-hybridized carbons (Fsp3) is 0.412. The molecule has 1 aromatic heterocycles. The minimum Gasteiger partial charge on any atom is -0.393 e. The molecule has 0 bridgehead atoms. The standard InChI is InChI=1S/C17H20BrN5O/c1-20-16-15(13-3-5-14(18)6-4-13)21-23(17(16)19)8-2-7-22-9-11-24-12-10-22/h3-6H,2,7-12,19H2. The van der Waals surface area contributed by atoms with E-state index >= 15 is 0 Å². The number of halogens is 1. The summed E-state index contributed by atoms with van der Waals surface area (Å²) in [5.41, 5.74) is 8.14. The van der Waals surface area contributed by atoms with Crippen LogP contribution in [-0.4, -0.2) is 47.5 Å².